The van der Waals surface area contributed by atoms with Crippen molar-refractivity contribution in [3.8, 4) is 0 Å². The molecule has 1 fully saturated rings. The molecule has 1 aromatic carbocycles. The van der Waals surface area contributed by atoms with Crippen molar-refractivity contribution in [1.82, 2.24) is 10.2 Å². The first-order valence-corrected chi connectivity index (χ1v) is 8.15. The van der Waals surface area contributed by atoms with Crippen LogP contribution in [-0.4, -0.2) is 37.5 Å². The first-order chi connectivity index (χ1) is 9.56. The standard InChI is InChI=1S/C15H20BrClN2O/c1-19-8-5-11(6-9-19)4-7-18-15(20)13-10-12(16)2-3-14(13)17/h2-3,10-11H,4-9H2,1H3,(H,18,20). The zero-order chi connectivity index (χ0) is 14.5. The number of benzene rings is 1. The van der Waals surface area contributed by atoms with Crippen LogP contribution in [0.4, 0.5) is 0 Å². The third kappa shape index (κ3) is 4.47. The summed E-state index contributed by atoms with van der Waals surface area (Å²) < 4.78 is 0.863. The van der Waals surface area contributed by atoms with E-state index < -0.39 is 0 Å². The minimum Gasteiger partial charge on any atom is -0.352 e. The summed E-state index contributed by atoms with van der Waals surface area (Å²) in [5.41, 5.74) is 0.532. The Bertz CT molecular complexity index is 473. The van der Waals surface area contributed by atoms with E-state index in [2.05, 4.69) is 33.2 Å². The number of nitrogens with one attached hydrogen (secondary N) is 1. The summed E-state index contributed by atoms with van der Waals surface area (Å²) in [6.45, 7) is 3.04. The number of halogens is 2. The van der Waals surface area contributed by atoms with Crippen LogP contribution in [0.15, 0.2) is 22.7 Å². The van der Waals surface area contributed by atoms with Gasteiger partial charge >= 0.3 is 0 Å². The maximum Gasteiger partial charge on any atom is 0.252 e. The summed E-state index contributed by atoms with van der Waals surface area (Å²) in [4.78, 5) is 14.4. The number of hydrogen-bond donors (Lipinski definition) is 1. The fraction of sp³-hybridized carbons (Fsp3) is 0.533. The number of nitrogens with zero attached hydrogens (tertiary/aromatic N) is 1. The Labute approximate surface area is 133 Å². The molecular formula is C15H20BrClN2O. The van der Waals surface area contributed by atoms with Crippen LogP contribution in [0.1, 0.15) is 29.6 Å². The van der Waals surface area contributed by atoms with Gasteiger partial charge in [0.05, 0.1) is 10.6 Å². The minimum atomic E-state index is -0.0933. The van der Waals surface area contributed by atoms with Crippen LogP contribution in [0.2, 0.25) is 5.02 Å². The van der Waals surface area contributed by atoms with Crippen molar-refractivity contribution in [1.29, 1.82) is 0 Å². The lowest BCUT2D eigenvalue weighted by molar-refractivity contribution is 0.0949. The number of carbonyl (C=O) groups excluding carboxylic acids is 1. The van der Waals surface area contributed by atoms with Crippen molar-refractivity contribution in [2.75, 3.05) is 26.7 Å². The van der Waals surface area contributed by atoms with Crippen LogP contribution >= 0.6 is 27.5 Å². The molecule has 0 aliphatic carbocycles. The van der Waals surface area contributed by atoms with E-state index in [-0.39, 0.29) is 5.91 Å². The highest BCUT2D eigenvalue weighted by molar-refractivity contribution is 9.10. The number of likely N-dealkylation sites (tertiary alicyclic amines) is 1. The first-order valence-electron chi connectivity index (χ1n) is 6.98. The van der Waals surface area contributed by atoms with Crippen LogP contribution in [0.3, 0.4) is 0 Å². The SMILES string of the molecule is CN1CCC(CCNC(=O)c2cc(Br)ccc2Cl)CC1. The Morgan fingerprint density at radius 3 is 2.85 bits per heavy atom. The largest absolute Gasteiger partial charge is 0.352 e. The molecule has 1 aromatic rings. The lowest BCUT2D eigenvalue weighted by Gasteiger charge is -2.28. The Balaban J connectivity index is 1.79. The van der Waals surface area contributed by atoms with Crippen molar-refractivity contribution in [3.05, 3.63) is 33.3 Å². The van der Waals surface area contributed by atoms with Gasteiger partial charge in [-0.2, -0.15) is 0 Å². The molecule has 20 heavy (non-hydrogen) atoms. The van der Waals surface area contributed by atoms with Gasteiger partial charge in [-0.25, -0.2) is 0 Å². The quantitative estimate of drug-likeness (QED) is 0.891. The maximum absolute atomic E-state index is 12.1. The number of hydrogen-bond acceptors (Lipinski definition) is 2. The second-order valence-electron chi connectivity index (χ2n) is 5.42. The summed E-state index contributed by atoms with van der Waals surface area (Å²) in [6.07, 6.45) is 3.50. The molecule has 0 radical (unpaired) electrons. The van der Waals surface area contributed by atoms with Gasteiger partial charge < -0.3 is 10.2 Å². The fourth-order valence-electron chi connectivity index (χ4n) is 2.51. The predicted octanol–water partition coefficient (Wildman–Crippen LogP) is 3.56. The summed E-state index contributed by atoms with van der Waals surface area (Å²) in [5, 5.41) is 3.46. The van der Waals surface area contributed by atoms with Crippen molar-refractivity contribution in [2.24, 2.45) is 5.92 Å². The van der Waals surface area contributed by atoms with Crippen molar-refractivity contribution < 1.29 is 4.79 Å². The molecule has 1 N–H and O–H groups in total. The minimum absolute atomic E-state index is 0.0933. The van der Waals surface area contributed by atoms with Crippen LogP contribution in [-0.2, 0) is 0 Å². The lowest BCUT2D eigenvalue weighted by Crippen LogP contribution is -2.32. The number of amides is 1. The molecule has 1 amide bonds. The van der Waals surface area contributed by atoms with Gasteiger partial charge in [0.15, 0.2) is 0 Å². The van der Waals surface area contributed by atoms with Gasteiger partial charge in [0.25, 0.3) is 5.91 Å². The Morgan fingerprint density at radius 2 is 2.15 bits per heavy atom. The van der Waals surface area contributed by atoms with Crippen molar-refractivity contribution >= 4 is 33.4 Å². The van der Waals surface area contributed by atoms with Gasteiger partial charge in [-0.3, -0.25) is 4.79 Å². The van der Waals surface area contributed by atoms with E-state index in [0.717, 1.165) is 36.4 Å². The molecule has 0 atom stereocenters. The van der Waals surface area contributed by atoms with E-state index in [1.165, 1.54) is 12.8 Å². The molecule has 0 saturated carbocycles. The van der Waals surface area contributed by atoms with Gasteiger partial charge in [0.2, 0.25) is 0 Å². The van der Waals surface area contributed by atoms with E-state index in [0.29, 0.717) is 10.6 Å². The van der Waals surface area contributed by atoms with E-state index in [4.69, 9.17) is 11.6 Å². The van der Waals surface area contributed by atoms with E-state index in [1.54, 1.807) is 12.1 Å². The highest BCUT2D eigenvalue weighted by atomic mass is 79.9. The number of rotatable bonds is 4. The van der Waals surface area contributed by atoms with Crippen LogP contribution < -0.4 is 5.32 Å². The summed E-state index contributed by atoms with van der Waals surface area (Å²) in [7, 11) is 2.16. The Morgan fingerprint density at radius 1 is 1.45 bits per heavy atom. The molecule has 0 bridgehead atoms. The molecule has 5 heteroatoms. The van der Waals surface area contributed by atoms with Crippen molar-refractivity contribution in [2.45, 2.75) is 19.3 Å². The van der Waals surface area contributed by atoms with Crippen molar-refractivity contribution in [3.63, 3.8) is 0 Å². The fourth-order valence-corrected chi connectivity index (χ4v) is 3.07. The van der Waals surface area contributed by atoms with E-state index in [1.807, 2.05) is 6.07 Å². The summed E-state index contributed by atoms with van der Waals surface area (Å²) in [5.74, 6) is 0.633. The smallest absolute Gasteiger partial charge is 0.252 e. The van der Waals surface area contributed by atoms with Crippen LogP contribution in [0.5, 0.6) is 0 Å². The maximum atomic E-state index is 12.1. The van der Waals surface area contributed by atoms with Gasteiger partial charge in [-0.05, 0) is 63.5 Å². The molecule has 0 aromatic heterocycles. The molecule has 1 aliphatic heterocycles. The van der Waals surface area contributed by atoms with Gasteiger partial charge in [-0.1, -0.05) is 27.5 Å². The second-order valence-corrected chi connectivity index (χ2v) is 6.74. The molecule has 0 spiro atoms. The Hall–Kier alpha value is -0.580. The zero-order valence-electron chi connectivity index (χ0n) is 11.7. The van der Waals surface area contributed by atoms with Gasteiger partial charge in [0.1, 0.15) is 0 Å². The molecule has 110 valence electrons. The third-order valence-corrected chi connectivity index (χ3v) is 4.67. The molecular weight excluding hydrogens is 340 g/mol. The average molecular weight is 360 g/mol. The summed E-state index contributed by atoms with van der Waals surface area (Å²) >= 11 is 9.41. The molecule has 3 nitrogen and oxygen atoms in total. The topological polar surface area (TPSA) is 32.3 Å². The molecule has 0 unspecified atom stereocenters. The zero-order valence-corrected chi connectivity index (χ0v) is 14.0. The number of carbonyl (C=O) groups is 1. The van der Waals surface area contributed by atoms with Gasteiger partial charge in [-0.15, -0.1) is 0 Å². The molecule has 1 saturated heterocycles. The van der Waals surface area contributed by atoms with Crippen LogP contribution in [0.25, 0.3) is 0 Å². The van der Waals surface area contributed by atoms with E-state index in [9.17, 15) is 4.79 Å². The molecule has 2 rings (SSSR count). The lowest BCUT2D eigenvalue weighted by atomic mass is 9.94. The van der Waals surface area contributed by atoms with Crippen LogP contribution in [0, 0.1) is 5.92 Å². The summed E-state index contributed by atoms with van der Waals surface area (Å²) in [6, 6.07) is 5.32. The molecule has 1 heterocycles. The molecule has 1 aliphatic rings. The highest BCUT2D eigenvalue weighted by Gasteiger charge is 2.17. The van der Waals surface area contributed by atoms with Gasteiger partial charge in [0, 0.05) is 11.0 Å². The third-order valence-electron chi connectivity index (χ3n) is 3.85. The van der Waals surface area contributed by atoms with E-state index >= 15 is 0 Å². The Kier molecular flexibility index (Phi) is 5.87. The highest BCUT2D eigenvalue weighted by Crippen LogP contribution is 2.21. The average Bonchev–Trinajstić information content (AvgIpc) is 2.43. The first kappa shape index (κ1) is 15.8. The number of piperidine rings is 1. The second kappa shape index (κ2) is 7.43. The monoisotopic (exact) mass is 358 g/mol. The predicted molar refractivity (Wildman–Crippen MR) is 86.3 cm³/mol. The normalized spacial score (nSPS) is 17.1.